The van der Waals surface area contributed by atoms with Crippen LogP contribution in [0.3, 0.4) is 0 Å². The average Bonchev–Trinajstić information content (AvgIpc) is 2.46. The highest BCUT2D eigenvalue weighted by Gasteiger charge is 2.48. The Bertz CT molecular complexity index is 575. The van der Waals surface area contributed by atoms with Crippen LogP contribution in [0.4, 0.5) is 0 Å². The average molecular weight is 268 g/mol. The van der Waals surface area contributed by atoms with Crippen molar-refractivity contribution in [3.8, 4) is 0 Å². The summed E-state index contributed by atoms with van der Waals surface area (Å²) in [5.41, 5.74) is 17.6. The predicted molar refractivity (Wildman–Crippen MR) is 85.1 cm³/mol. The molecule has 1 fully saturated rings. The van der Waals surface area contributed by atoms with E-state index in [1.807, 2.05) is 0 Å². The van der Waals surface area contributed by atoms with Crippen molar-refractivity contribution >= 4 is 5.57 Å². The second-order valence-electron chi connectivity index (χ2n) is 6.52. The highest BCUT2D eigenvalue weighted by atomic mass is 14.8. The summed E-state index contributed by atoms with van der Waals surface area (Å²) in [5, 5.41) is 0. The van der Waals surface area contributed by atoms with E-state index in [4.69, 9.17) is 11.5 Å². The quantitative estimate of drug-likeness (QED) is 0.760. The molecule has 1 saturated carbocycles. The molecule has 6 unspecified atom stereocenters. The van der Waals surface area contributed by atoms with Crippen LogP contribution < -0.4 is 11.5 Å². The Labute approximate surface area is 121 Å². The number of hydrogen-bond donors (Lipinski definition) is 2. The van der Waals surface area contributed by atoms with E-state index in [1.165, 1.54) is 11.1 Å². The van der Waals surface area contributed by atoms with Crippen molar-refractivity contribution in [2.75, 3.05) is 0 Å². The fourth-order valence-corrected chi connectivity index (χ4v) is 4.21. The molecule has 0 spiro atoms. The van der Waals surface area contributed by atoms with Crippen molar-refractivity contribution in [1.29, 1.82) is 0 Å². The lowest BCUT2D eigenvalue weighted by molar-refractivity contribution is 0.134. The van der Waals surface area contributed by atoms with Gasteiger partial charge in [-0.05, 0) is 40.0 Å². The second kappa shape index (κ2) is 4.57. The normalized spacial score (nSPS) is 40.2. The number of hydrogen-bond acceptors (Lipinski definition) is 2. The molecule has 2 nitrogen and oxygen atoms in total. The van der Waals surface area contributed by atoms with E-state index in [0.29, 0.717) is 17.8 Å². The molecule has 2 aliphatic carbocycles. The molecule has 0 radical (unpaired) electrons. The molecule has 4 N–H and O–H groups in total. The molecular weight excluding hydrogens is 244 g/mol. The zero-order valence-electron chi connectivity index (χ0n) is 12.3. The lowest BCUT2D eigenvalue weighted by Gasteiger charge is -2.51. The van der Waals surface area contributed by atoms with E-state index in [0.717, 1.165) is 11.1 Å². The Balaban J connectivity index is 2.19. The van der Waals surface area contributed by atoms with E-state index < -0.39 is 0 Å². The molecule has 6 atom stereocenters. The van der Waals surface area contributed by atoms with Gasteiger partial charge in [-0.2, -0.15) is 0 Å². The molecule has 0 amide bonds. The smallest absolute Gasteiger partial charge is 0.0271 e. The number of nitrogens with two attached hydrogens (primary N) is 2. The minimum atomic E-state index is -0.0165. The summed E-state index contributed by atoms with van der Waals surface area (Å²) < 4.78 is 0. The SMILES string of the molecule is C=C1C(=C)C2C(C)C(C)C(N)C(N)C2c2ccccc21. The van der Waals surface area contributed by atoms with Gasteiger partial charge in [-0.1, -0.05) is 51.3 Å². The van der Waals surface area contributed by atoms with Crippen molar-refractivity contribution in [2.45, 2.75) is 31.8 Å². The van der Waals surface area contributed by atoms with Gasteiger partial charge in [0.05, 0.1) is 0 Å². The number of fused-ring (bicyclic) bond motifs is 3. The first-order chi connectivity index (χ1) is 9.45. The van der Waals surface area contributed by atoms with E-state index >= 15 is 0 Å². The first-order valence-electron chi connectivity index (χ1n) is 7.43. The summed E-state index contributed by atoms with van der Waals surface area (Å²) in [5.74, 6) is 1.51. The van der Waals surface area contributed by atoms with Crippen LogP contribution in [0.15, 0.2) is 43.0 Å². The lowest BCUT2D eigenvalue weighted by Crippen LogP contribution is -2.59. The van der Waals surface area contributed by atoms with Crippen LogP contribution >= 0.6 is 0 Å². The van der Waals surface area contributed by atoms with E-state index in [9.17, 15) is 0 Å². The standard InChI is InChI=1S/C18H24N2/c1-9-10(2)15-11(3)12(4)17(19)18(20)16(15)14-8-6-5-7-13(9)14/h5-8,11-12,15-18H,1-2,19-20H2,3-4H3. The van der Waals surface area contributed by atoms with Gasteiger partial charge in [-0.15, -0.1) is 0 Å². The van der Waals surface area contributed by atoms with Gasteiger partial charge in [0.1, 0.15) is 0 Å². The molecule has 0 saturated heterocycles. The molecule has 1 aromatic carbocycles. The molecule has 0 bridgehead atoms. The molecule has 106 valence electrons. The van der Waals surface area contributed by atoms with Crippen LogP contribution in [0, 0.1) is 17.8 Å². The second-order valence-corrected chi connectivity index (χ2v) is 6.52. The third-order valence-electron chi connectivity index (χ3n) is 5.68. The Morgan fingerprint density at radius 2 is 1.55 bits per heavy atom. The van der Waals surface area contributed by atoms with Gasteiger partial charge >= 0.3 is 0 Å². The number of rotatable bonds is 0. The highest BCUT2D eigenvalue weighted by molar-refractivity contribution is 5.82. The van der Waals surface area contributed by atoms with Crippen molar-refractivity contribution in [2.24, 2.45) is 29.2 Å². The first-order valence-corrected chi connectivity index (χ1v) is 7.43. The van der Waals surface area contributed by atoms with Gasteiger partial charge in [-0.3, -0.25) is 0 Å². The molecule has 0 heterocycles. The number of allylic oxidation sites excluding steroid dienone is 2. The Morgan fingerprint density at radius 1 is 0.900 bits per heavy atom. The molecule has 20 heavy (non-hydrogen) atoms. The molecule has 2 heteroatoms. The monoisotopic (exact) mass is 268 g/mol. The Kier molecular flexibility index (Phi) is 3.11. The molecule has 0 aliphatic heterocycles. The van der Waals surface area contributed by atoms with E-state index in [2.05, 4.69) is 51.3 Å². The van der Waals surface area contributed by atoms with Gasteiger partial charge in [0.25, 0.3) is 0 Å². The Hall–Kier alpha value is -1.38. The van der Waals surface area contributed by atoms with Gasteiger partial charge in [-0.25, -0.2) is 0 Å². The van der Waals surface area contributed by atoms with Crippen LogP contribution in [-0.4, -0.2) is 12.1 Å². The van der Waals surface area contributed by atoms with Crippen molar-refractivity contribution in [1.82, 2.24) is 0 Å². The maximum absolute atomic E-state index is 6.51. The van der Waals surface area contributed by atoms with Crippen molar-refractivity contribution in [3.05, 3.63) is 54.1 Å². The van der Waals surface area contributed by atoms with Crippen LogP contribution in [0.1, 0.15) is 30.9 Å². The third kappa shape index (κ3) is 1.65. The van der Waals surface area contributed by atoms with E-state index in [-0.39, 0.29) is 18.0 Å². The van der Waals surface area contributed by atoms with Crippen LogP contribution in [-0.2, 0) is 0 Å². The van der Waals surface area contributed by atoms with Crippen molar-refractivity contribution < 1.29 is 0 Å². The molecule has 0 aromatic heterocycles. The summed E-state index contributed by atoms with van der Waals surface area (Å²) >= 11 is 0. The summed E-state index contributed by atoms with van der Waals surface area (Å²) in [6.45, 7) is 13.1. The summed E-state index contributed by atoms with van der Waals surface area (Å²) in [4.78, 5) is 0. The van der Waals surface area contributed by atoms with Gasteiger partial charge in [0, 0.05) is 18.0 Å². The topological polar surface area (TPSA) is 52.0 Å². The van der Waals surface area contributed by atoms with Crippen molar-refractivity contribution in [3.63, 3.8) is 0 Å². The van der Waals surface area contributed by atoms with Crippen LogP contribution in [0.25, 0.3) is 5.57 Å². The molecule has 1 aromatic rings. The van der Waals surface area contributed by atoms with Gasteiger partial charge < -0.3 is 11.5 Å². The third-order valence-corrected chi connectivity index (χ3v) is 5.68. The zero-order chi connectivity index (χ0) is 14.6. The summed E-state index contributed by atoms with van der Waals surface area (Å²) in [7, 11) is 0. The maximum atomic E-state index is 6.51. The van der Waals surface area contributed by atoms with E-state index in [1.54, 1.807) is 0 Å². The predicted octanol–water partition coefficient (Wildman–Crippen LogP) is 2.91. The van der Waals surface area contributed by atoms with Gasteiger partial charge in [0.2, 0.25) is 0 Å². The highest BCUT2D eigenvalue weighted by Crippen LogP contribution is 2.53. The minimum absolute atomic E-state index is 0.0165. The largest absolute Gasteiger partial charge is 0.326 e. The van der Waals surface area contributed by atoms with Gasteiger partial charge in [0.15, 0.2) is 0 Å². The first kappa shape index (κ1) is 13.6. The molecule has 2 aliphatic rings. The fraction of sp³-hybridized carbons (Fsp3) is 0.444. The zero-order valence-corrected chi connectivity index (χ0v) is 12.3. The van der Waals surface area contributed by atoms with Crippen LogP contribution in [0.2, 0.25) is 0 Å². The summed E-state index contributed by atoms with van der Waals surface area (Å²) in [6.07, 6.45) is 0. The summed E-state index contributed by atoms with van der Waals surface area (Å²) in [6, 6.07) is 8.46. The maximum Gasteiger partial charge on any atom is 0.0271 e. The lowest BCUT2D eigenvalue weighted by atomic mass is 9.55. The van der Waals surface area contributed by atoms with Crippen LogP contribution in [0.5, 0.6) is 0 Å². The Morgan fingerprint density at radius 3 is 2.25 bits per heavy atom. The number of benzene rings is 1. The fourth-order valence-electron chi connectivity index (χ4n) is 4.21. The molecule has 3 rings (SSSR count). The minimum Gasteiger partial charge on any atom is -0.326 e. The molecular formula is C18H24N2.